The van der Waals surface area contributed by atoms with Crippen molar-refractivity contribution in [2.75, 3.05) is 6.54 Å². The number of ether oxygens (including phenoxy) is 1. The number of carbonyl (C=O) groups excluding carboxylic acids is 1. The zero-order chi connectivity index (χ0) is 34.0. The van der Waals surface area contributed by atoms with Crippen molar-refractivity contribution in [1.29, 1.82) is 0 Å². The van der Waals surface area contributed by atoms with Gasteiger partial charge in [-0.15, -0.1) is 0 Å². The lowest BCUT2D eigenvalue weighted by atomic mass is 10.2. The van der Waals surface area contributed by atoms with E-state index in [2.05, 4.69) is 11.8 Å². The van der Waals surface area contributed by atoms with Crippen LogP contribution in [-0.2, 0) is 31.4 Å². The summed E-state index contributed by atoms with van der Waals surface area (Å²) in [6.07, 6.45) is 0.739. The third-order valence-corrected chi connectivity index (χ3v) is 11.0. The number of aryl methyl sites for hydroxylation is 1. The van der Waals surface area contributed by atoms with Crippen LogP contribution in [0.1, 0.15) is 37.6 Å². The molecule has 0 aliphatic heterocycles. The Morgan fingerprint density at radius 3 is 2.13 bits per heavy atom. The highest BCUT2D eigenvalue weighted by Gasteiger charge is 2.49. The molecule has 0 bridgehead atoms. The number of rotatable bonds is 8. The quantitative estimate of drug-likeness (QED) is 0.132. The summed E-state index contributed by atoms with van der Waals surface area (Å²) < 4.78 is 104. The van der Waals surface area contributed by atoms with Gasteiger partial charge in [0.15, 0.2) is 0 Å². The van der Waals surface area contributed by atoms with Gasteiger partial charge in [-0.3, -0.25) is 0 Å². The summed E-state index contributed by atoms with van der Waals surface area (Å²) >= 11 is 0. The van der Waals surface area contributed by atoms with Crippen LogP contribution in [0.25, 0.3) is 0 Å². The first-order chi connectivity index (χ1) is 20.5. The molecule has 244 valence electrons. The second kappa shape index (κ2) is 13.0. The minimum atomic E-state index is -6.08. The number of para-hydroxylation sites is 1. The summed E-state index contributed by atoms with van der Waals surface area (Å²) in [5, 5.41) is 0.252. The molecule has 0 aliphatic carbocycles. The molecule has 3 aromatic rings. The summed E-state index contributed by atoms with van der Waals surface area (Å²) in [7, 11) is -12.9. The molecule has 15 heteroatoms. The van der Waals surface area contributed by atoms with Crippen molar-refractivity contribution in [3.8, 4) is 17.6 Å². The average Bonchev–Trinajstić information content (AvgIpc) is 3.35. The Labute approximate surface area is 263 Å². The van der Waals surface area contributed by atoms with Gasteiger partial charge >= 0.3 is 21.7 Å². The van der Waals surface area contributed by atoms with Crippen molar-refractivity contribution in [1.82, 2.24) is 8.87 Å². The number of hydrogen-bond donors (Lipinski definition) is 0. The number of carbonyl (C=O) groups is 1. The standard InChI is InChI=1S/C30H35F3N2O7S2Si/c1-22-15-17-25(18-16-22)43(37,38)34(19-9-12-24-13-10-20-35(24)28(36)41-29(2,3)4)21-23-11-8-14-26(45(5,6)7)27(23)42-44(39,40)30(31,32)33/h8,10-11,13-18,20H,19,21H2,1-7H3. The van der Waals surface area contributed by atoms with Crippen LogP contribution in [0.3, 0.4) is 0 Å². The predicted octanol–water partition coefficient (Wildman–Crippen LogP) is 5.60. The molecule has 2 aromatic carbocycles. The lowest BCUT2D eigenvalue weighted by Gasteiger charge is -2.26. The Morgan fingerprint density at radius 1 is 0.956 bits per heavy atom. The maximum Gasteiger partial charge on any atom is 0.534 e. The minimum absolute atomic E-state index is 0.0997. The molecule has 0 radical (unpaired) electrons. The molecule has 0 N–H and O–H groups in total. The number of halogens is 3. The molecular weight excluding hydrogens is 650 g/mol. The monoisotopic (exact) mass is 684 g/mol. The van der Waals surface area contributed by atoms with Gasteiger partial charge in [-0.1, -0.05) is 61.5 Å². The Hall–Kier alpha value is -3.58. The van der Waals surface area contributed by atoms with Gasteiger partial charge in [-0.05, 0) is 63.1 Å². The van der Waals surface area contributed by atoms with E-state index in [-0.39, 0.29) is 21.3 Å². The number of sulfonamides is 1. The largest absolute Gasteiger partial charge is 0.534 e. The van der Waals surface area contributed by atoms with Gasteiger partial charge in [-0.25, -0.2) is 17.8 Å². The van der Waals surface area contributed by atoms with Crippen molar-refractivity contribution in [3.63, 3.8) is 0 Å². The molecule has 0 unspecified atom stereocenters. The number of nitrogens with zero attached hydrogens (tertiary/aromatic N) is 2. The fraction of sp³-hybridized carbons (Fsp3) is 0.367. The molecule has 45 heavy (non-hydrogen) atoms. The summed E-state index contributed by atoms with van der Waals surface area (Å²) in [5.41, 5.74) is -5.59. The Balaban J connectivity index is 2.13. The molecule has 0 fully saturated rings. The maximum atomic E-state index is 13.9. The van der Waals surface area contributed by atoms with Crippen LogP contribution >= 0.6 is 0 Å². The van der Waals surface area contributed by atoms with Crippen LogP contribution in [0.2, 0.25) is 19.6 Å². The number of benzene rings is 2. The highest BCUT2D eigenvalue weighted by molar-refractivity contribution is 7.89. The smallest absolute Gasteiger partial charge is 0.443 e. The number of alkyl halides is 3. The summed E-state index contributed by atoms with van der Waals surface area (Å²) in [4.78, 5) is 12.5. The van der Waals surface area contributed by atoms with E-state index in [1.807, 2.05) is 0 Å². The number of aromatic nitrogens is 1. The molecule has 0 atom stereocenters. The molecule has 0 saturated carbocycles. The molecule has 0 aliphatic rings. The molecule has 3 rings (SSSR count). The molecule has 1 aromatic heterocycles. The first-order valence-corrected chi connectivity index (χ1v) is 20.0. The second-order valence-corrected chi connectivity index (χ2v) is 20.7. The topological polar surface area (TPSA) is 112 Å². The highest BCUT2D eigenvalue weighted by Crippen LogP contribution is 2.31. The zero-order valence-electron chi connectivity index (χ0n) is 25.9. The van der Waals surface area contributed by atoms with E-state index in [9.17, 15) is 34.8 Å². The molecular formula is C30H35F3N2O7S2Si. The molecule has 0 spiro atoms. The fourth-order valence-corrected chi connectivity index (χ4v) is 7.40. The zero-order valence-corrected chi connectivity index (χ0v) is 28.5. The van der Waals surface area contributed by atoms with Gasteiger partial charge in [0.1, 0.15) is 17.0 Å². The Morgan fingerprint density at radius 2 is 1.58 bits per heavy atom. The minimum Gasteiger partial charge on any atom is -0.443 e. The highest BCUT2D eigenvalue weighted by atomic mass is 32.2. The summed E-state index contributed by atoms with van der Waals surface area (Å²) in [6.45, 7) is 11.2. The van der Waals surface area contributed by atoms with Gasteiger partial charge in [0, 0.05) is 18.3 Å². The van der Waals surface area contributed by atoms with Gasteiger partial charge in [0.2, 0.25) is 10.0 Å². The van der Waals surface area contributed by atoms with Gasteiger partial charge in [0.25, 0.3) is 0 Å². The third kappa shape index (κ3) is 9.00. The van der Waals surface area contributed by atoms with Crippen LogP contribution in [0.5, 0.6) is 5.75 Å². The Kier molecular flexibility index (Phi) is 10.4. The van der Waals surface area contributed by atoms with Crippen molar-refractivity contribution >= 4 is 39.5 Å². The average molecular weight is 685 g/mol. The fourth-order valence-electron chi connectivity index (χ4n) is 4.00. The molecule has 9 nitrogen and oxygen atoms in total. The maximum absolute atomic E-state index is 13.9. The lowest BCUT2D eigenvalue weighted by molar-refractivity contribution is -0.0500. The molecule has 1 heterocycles. The van der Waals surface area contributed by atoms with E-state index >= 15 is 0 Å². The van der Waals surface area contributed by atoms with Crippen LogP contribution in [0.4, 0.5) is 18.0 Å². The first kappa shape index (κ1) is 35.9. The van der Waals surface area contributed by atoms with E-state index < -0.39 is 64.3 Å². The second-order valence-electron chi connectivity index (χ2n) is 12.2. The first-order valence-electron chi connectivity index (χ1n) is 13.6. The third-order valence-electron chi connectivity index (χ3n) is 6.20. The Bertz CT molecular complexity index is 1830. The molecule has 0 saturated heterocycles. The van der Waals surface area contributed by atoms with Gasteiger partial charge in [0.05, 0.1) is 19.5 Å². The van der Waals surface area contributed by atoms with E-state index in [4.69, 9.17) is 8.92 Å². The van der Waals surface area contributed by atoms with Gasteiger partial charge in [-0.2, -0.15) is 25.9 Å². The molecule has 0 amide bonds. The van der Waals surface area contributed by atoms with Crippen molar-refractivity contribution in [2.24, 2.45) is 0 Å². The van der Waals surface area contributed by atoms with Crippen LogP contribution < -0.4 is 9.37 Å². The van der Waals surface area contributed by atoms with E-state index in [0.717, 1.165) is 14.4 Å². The van der Waals surface area contributed by atoms with Crippen molar-refractivity contribution in [3.05, 3.63) is 77.6 Å². The van der Waals surface area contributed by atoms with Crippen LogP contribution in [0, 0.1) is 18.8 Å². The van der Waals surface area contributed by atoms with Crippen molar-refractivity contribution in [2.45, 2.75) is 69.9 Å². The van der Waals surface area contributed by atoms with Crippen LogP contribution in [0.15, 0.2) is 65.7 Å². The summed E-state index contributed by atoms with van der Waals surface area (Å²) in [6, 6.07) is 13.3. The van der Waals surface area contributed by atoms with Crippen molar-refractivity contribution < 1.29 is 43.7 Å². The lowest BCUT2D eigenvalue weighted by Crippen LogP contribution is -2.41. The van der Waals surface area contributed by atoms with E-state index in [1.54, 1.807) is 65.5 Å². The summed E-state index contributed by atoms with van der Waals surface area (Å²) in [5.74, 6) is 4.92. The normalized spacial score (nSPS) is 12.9. The number of hydrogen-bond acceptors (Lipinski definition) is 7. The predicted molar refractivity (Wildman–Crippen MR) is 167 cm³/mol. The van der Waals surface area contributed by atoms with E-state index in [1.165, 1.54) is 42.6 Å². The SMILES string of the molecule is Cc1ccc(S(=O)(=O)N(CC#Cc2cccn2C(=O)OC(C)(C)C)Cc2cccc([Si](C)(C)C)c2OS(=O)(=O)C(F)(F)F)cc1. The van der Waals surface area contributed by atoms with Gasteiger partial charge < -0.3 is 8.92 Å². The van der Waals surface area contributed by atoms with E-state index in [0.29, 0.717) is 0 Å². The van der Waals surface area contributed by atoms with Crippen LogP contribution in [-0.4, -0.2) is 57.5 Å².